The first-order chi connectivity index (χ1) is 14.0. The molecule has 1 fully saturated rings. The average Bonchev–Trinajstić information content (AvgIpc) is 2.73. The maximum Gasteiger partial charge on any atom is 0.258 e. The Morgan fingerprint density at radius 3 is 2.83 bits per heavy atom. The lowest BCUT2D eigenvalue weighted by Gasteiger charge is -2.31. The molecule has 0 spiro atoms. The quantitative estimate of drug-likeness (QED) is 0.254. The molecule has 2 aliphatic heterocycles. The largest absolute Gasteiger partial charge is 0.317 e. The number of carbonyl (C=O) groups is 1. The molecule has 2 aliphatic rings. The standard InChI is InChI=1S/C22H34N6O/c1-5-7-9-16(3)21-26-19(17-10-12-25-13-11-17)14-20(28(21)23)27-22(29)18(8-6-2)15-24-4/h6,8,14-15,17,25H,2,5,7,9-13,23H2,1,3-4H3,(H,27,29)/b18-8+,21-16+,24-15?. The Morgan fingerprint density at radius 2 is 2.21 bits per heavy atom. The zero-order valence-corrected chi connectivity index (χ0v) is 17.9. The zero-order chi connectivity index (χ0) is 21.2. The Hall–Kier alpha value is -2.51. The molecular formula is C22H34N6O. The van der Waals surface area contributed by atoms with Crippen molar-refractivity contribution in [3.05, 3.63) is 47.6 Å². The second kappa shape index (κ2) is 11.5. The molecule has 2 rings (SSSR count). The van der Waals surface area contributed by atoms with E-state index in [2.05, 4.69) is 36.1 Å². The van der Waals surface area contributed by atoms with Crippen LogP contribution in [-0.4, -0.2) is 43.0 Å². The number of unbranched alkanes of at least 4 members (excludes halogenated alkanes) is 1. The topological polar surface area (TPSA) is 95.1 Å². The van der Waals surface area contributed by atoms with Gasteiger partial charge in [-0.3, -0.25) is 9.79 Å². The van der Waals surface area contributed by atoms with Crippen LogP contribution in [0.3, 0.4) is 0 Å². The van der Waals surface area contributed by atoms with Crippen molar-refractivity contribution >= 4 is 17.8 Å². The molecule has 0 unspecified atom stereocenters. The summed E-state index contributed by atoms with van der Waals surface area (Å²) in [6, 6.07) is 0. The second-order valence-corrected chi connectivity index (χ2v) is 7.37. The van der Waals surface area contributed by atoms with E-state index in [1.807, 2.05) is 6.08 Å². The van der Waals surface area contributed by atoms with Crippen molar-refractivity contribution in [3.8, 4) is 0 Å². The Balaban J connectivity index is 2.36. The fraction of sp³-hybridized carbons (Fsp3) is 0.500. The van der Waals surface area contributed by atoms with E-state index < -0.39 is 0 Å². The number of nitrogens with two attached hydrogens (primary N) is 1. The zero-order valence-electron chi connectivity index (χ0n) is 17.9. The van der Waals surface area contributed by atoms with Gasteiger partial charge in [0.05, 0.1) is 5.57 Å². The summed E-state index contributed by atoms with van der Waals surface area (Å²) in [5.41, 5.74) is 2.52. The van der Waals surface area contributed by atoms with E-state index in [9.17, 15) is 4.79 Å². The summed E-state index contributed by atoms with van der Waals surface area (Å²) in [6.45, 7) is 9.83. The number of amides is 1. The van der Waals surface area contributed by atoms with Crippen LogP contribution in [0.2, 0.25) is 0 Å². The van der Waals surface area contributed by atoms with Crippen LogP contribution in [-0.2, 0) is 4.79 Å². The van der Waals surface area contributed by atoms with Gasteiger partial charge in [0.15, 0.2) is 0 Å². The van der Waals surface area contributed by atoms with Crippen LogP contribution in [0.1, 0.15) is 46.0 Å². The van der Waals surface area contributed by atoms with Crippen LogP contribution in [0.15, 0.2) is 57.6 Å². The Morgan fingerprint density at radius 1 is 1.48 bits per heavy atom. The van der Waals surface area contributed by atoms with E-state index in [0.29, 0.717) is 17.3 Å². The van der Waals surface area contributed by atoms with Crippen molar-refractivity contribution in [3.63, 3.8) is 0 Å². The number of allylic oxidation sites excluding steroid dienone is 4. The van der Waals surface area contributed by atoms with E-state index in [0.717, 1.165) is 62.3 Å². The number of hydrazine groups is 1. The van der Waals surface area contributed by atoms with E-state index in [-0.39, 0.29) is 5.91 Å². The van der Waals surface area contributed by atoms with Gasteiger partial charge < -0.3 is 10.6 Å². The number of rotatable bonds is 8. The number of aliphatic imine (C=N–C) groups is 2. The second-order valence-electron chi connectivity index (χ2n) is 7.37. The average molecular weight is 399 g/mol. The van der Waals surface area contributed by atoms with E-state index in [4.69, 9.17) is 10.8 Å². The SMILES string of the molecule is C=C/C=C(\C=NC)C(=O)NC1=CC(C2CCNCC2)=N/C(=C(/C)CCCC)N1N. The van der Waals surface area contributed by atoms with Gasteiger partial charge in [-0.05, 0) is 57.3 Å². The highest BCUT2D eigenvalue weighted by molar-refractivity contribution is 6.13. The Kier molecular flexibility index (Phi) is 9.02. The number of carbonyl (C=O) groups excluding carboxylic acids is 1. The van der Waals surface area contributed by atoms with Gasteiger partial charge >= 0.3 is 0 Å². The van der Waals surface area contributed by atoms with Crippen LogP contribution >= 0.6 is 0 Å². The first kappa shape index (κ1) is 22.8. The normalized spacial score (nSPS) is 20.4. The van der Waals surface area contributed by atoms with Crippen LogP contribution in [0.4, 0.5) is 0 Å². The van der Waals surface area contributed by atoms with Crippen molar-refractivity contribution in [2.24, 2.45) is 21.7 Å². The third kappa shape index (κ3) is 6.24. The minimum atomic E-state index is -0.283. The van der Waals surface area contributed by atoms with Crippen LogP contribution in [0.25, 0.3) is 0 Å². The van der Waals surface area contributed by atoms with Gasteiger partial charge in [-0.15, -0.1) is 0 Å². The van der Waals surface area contributed by atoms with Crippen LogP contribution in [0.5, 0.6) is 0 Å². The number of hydrogen-bond acceptors (Lipinski definition) is 6. The molecule has 0 saturated carbocycles. The summed E-state index contributed by atoms with van der Waals surface area (Å²) in [6.07, 6.45) is 11.7. The van der Waals surface area contributed by atoms with E-state index in [1.165, 1.54) is 11.2 Å². The molecule has 0 aliphatic carbocycles. The lowest BCUT2D eigenvalue weighted by atomic mass is 9.92. The fourth-order valence-electron chi connectivity index (χ4n) is 3.44. The molecule has 0 aromatic heterocycles. The molecule has 0 atom stereocenters. The third-order valence-electron chi connectivity index (χ3n) is 5.12. The smallest absolute Gasteiger partial charge is 0.258 e. The van der Waals surface area contributed by atoms with E-state index in [1.54, 1.807) is 19.2 Å². The maximum absolute atomic E-state index is 12.8. The van der Waals surface area contributed by atoms with Gasteiger partial charge in [0.1, 0.15) is 11.6 Å². The van der Waals surface area contributed by atoms with Crippen molar-refractivity contribution in [2.45, 2.75) is 46.0 Å². The molecule has 0 aromatic carbocycles. The first-order valence-corrected chi connectivity index (χ1v) is 10.3. The molecule has 1 amide bonds. The molecular weight excluding hydrogens is 364 g/mol. The highest BCUT2D eigenvalue weighted by Crippen LogP contribution is 2.26. The third-order valence-corrected chi connectivity index (χ3v) is 5.12. The lowest BCUT2D eigenvalue weighted by molar-refractivity contribution is -0.116. The first-order valence-electron chi connectivity index (χ1n) is 10.3. The number of nitrogens with zero attached hydrogens (tertiary/aromatic N) is 3. The number of nitrogens with one attached hydrogen (secondary N) is 2. The summed E-state index contributed by atoms with van der Waals surface area (Å²) in [5, 5.41) is 7.81. The molecule has 1 saturated heterocycles. The van der Waals surface area contributed by atoms with Crippen molar-refractivity contribution in [1.82, 2.24) is 15.6 Å². The molecule has 158 valence electrons. The van der Waals surface area contributed by atoms with E-state index >= 15 is 0 Å². The molecule has 2 heterocycles. The van der Waals surface area contributed by atoms with Crippen molar-refractivity contribution in [2.75, 3.05) is 20.1 Å². The predicted octanol–water partition coefficient (Wildman–Crippen LogP) is 2.81. The highest BCUT2D eigenvalue weighted by atomic mass is 16.1. The Labute approximate surface area is 174 Å². The molecule has 7 nitrogen and oxygen atoms in total. The minimum Gasteiger partial charge on any atom is -0.317 e. The fourth-order valence-corrected chi connectivity index (χ4v) is 3.44. The van der Waals surface area contributed by atoms with Gasteiger partial charge in [-0.2, -0.15) is 0 Å². The van der Waals surface area contributed by atoms with Gasteiger partial charge in [-0.25, -0.2) is 15.8 Å². The molecule has 0 bridgehead atoms. The van der Waals surface area contributed by atoms with Gasteiger partial charge in [-0.1, -0.05) is 26.0 Å². The highest BCUT2D eigenvalue weighted by Gasteiger charge is 2.26. The summed E-state index contributed by atoms with van der Waals surface area (Å²) in [7, 11) is 1.62. The van der Waals surface area contributed by atoms with Crippen molar-refractivity contribution in [1.29, 1.82) is 0 Å². The summed E-state index contributed by atoms with van der Waals surface area (Å²) >= 11 is 0. The molecule has 4 N–H and O–H groups in total. The summed E-state index contributed by atoms with van der Waals surface area (Å²) < 4.78 is 0. The lowest BCUT2D eigenvalue weighted by Crippen LogP contribution is -2.43. The summed E-state index contributed by atoms with van der Waals surface area (Å²) in [4.78, 5) is 21.6. The van der Waals surface area contributed by atoms with Gasteiger partial charge in [0.2, 0.25) is 0 Å². The monoisotopic (exact) mass is 398 g/mol. The molecule has 0 radical (unpaired) electrons. The number of hydrogen-bond donors (Lipinski definition) is 3. The summed E-state index contributed by atoms with van der Waals surface area (Å²) in [5.74, 6) is 7.71. The number of piperidine rings is 1. The molecule has 29 heavy (non-hydrogen) atoms. The molecule has 0 aromatic rings. The maximum atomic E-state index is 12.8. The minimum absolute atomic E-state index is 0.283. The van der Waals surface area contributed by atoms with Crippen molar-refractivity contribution < 1.29 is 4.79 Å². The van der Waals surface area contributed by atoms with Crippen LogP contribution < -0.4 is 16.5 Å². The van der Waals surface area contributed by atoms with Gasteiger partial charge in [0, 0.05) is 31.0 Å². The Bertz CT molecular complexity index is 753. The van der Waals surface area contributed by atoms with Crippen LogP contribution in [0, 0.1) is 5.92 Å². The predicted molar refractivity (Wildman–Crippen MR) is 120 cm³/mol. The van der Waals surface area contributed by atoms with Gasteiger partial charge in [0.25, 0.3) is 5.91 Å². The molecule has 7 heteroatoms.